The number of carbonyl (C=O) groups is 1. The van der Waals surface area contributed by atoms with Crippen molar-refractivity contribution in [3.63, 3.8) is 0 Å². The van der Waals surface area contributed by atoms with Crippen molar-refractivity contribution in [2.45, 2.75) is 45.2 Å². The Kier molecular flexibility index (Phi) is 4.18. The monoisotopic (exact) mass is 253 g/mol. The lowest BCUT2D eigenvalue weighted by Gasteiger charge is -2.10. The van der Waals surface area contributed by atoms with Gasteiger partial charge in [0.2, 0.25) is 0 Å². The molecular formula is C13H19NO2S. The maximum absolute atomic E-state index is 10.6. The van der Waals surface area contributed by atoms with Gasteiger partial charge in [0.05, 0.1) is 6.42 Å². The summed E-state index contributed by atoms with van der Waals surface area (Å²) in [5.74, 6) is 0.0920. The van der Waals surface area contributed by atoms with Crippen molar-refractivity contribution < 1.29 is 9.90 Å². The van der Waals surface area contributed by atoms with Crippen LogP contribution in [-0.2, 0) is 17.8 Å². The zero-order chi connectivity index (χ0) is 12.3. The molecule has 2 rings (SSSR count). The molecule has 0 spiro atoms. The largest absolute Gasteiger partial charge is 0.481 e. The number of hydrogen-bond acceptors (Lipinski definition) is 3. The van der Waals surface area contributed by atoms with Crippen LogP contribution in [0.3, 0.4) is 0 Å². The first-order valence-corrected chi connectivity index (χ1v) is 6.98. The predicted molar refractivity (Wildman–Crippen MR) is 69.3 cm³/mol. The van der Waals surface area contributed by atoms with Crippen LogP contribution in [0.15, 0.2) is 12.1 Å². The number of hydrogen-bond donors (Lipinski definition) is 2. The SMILES string of the molecule is CC1CCC(NCc2ccc(CC(=O)O)s2)C1. The highest BCUT2D eigenvalue weighted by Crippen LogP contribution is 2.25. The standard InChI is InChI=1S/C13H19NO2S/c1-9-2-3-10(6-9)14-8-12-5-4-11(17-12)7-13(15)16/h4-5,9-10,14H,2-3,6-8H2,1H3,(H,15,16). The van der Waals surface area contributed by atoms with Gasteiger partial charge in [0.15, 0.2) is 0 Å². The zero-order valence-electron chi connectivity index (χ0n) is 10.1. The van der Waals surface area contributed by atoms with Crippen LogP contribution in [0.25, 0.3) is 0 Å². The highest BCUT2D eigenvalue weighted by molar-refractivity contribution is 7.12. The minimum absolute atomic E-state index is 0.144. The van der Waals surface area contributed by atoms with Crippen molar-refractivity contribution in [2.75, 3.05) is 0 Å². The first kappa shape index (κ1) is 12.6. The van der Waals surface area contributed by atoms with E-state index in [4.69, 9.17) is 5.11 Å². The van der Waals surface area contributed by atoms with Crippen LogP contribution < -0.4 is 5.32 Å². The molecule has 17 heavy (non-hydrogen) atoms. The van der Waals surface area contributed by atoms with Gasteiger partial charge in [-0.3, -0.25) is 4.79 Å². The summed E-state index contributed by atoms with van der Waals surface area (Å²) in [6.07, 6.45) is 4.01. The molecule has 0 aromatic carbocycles. The molecule has 0 bridgehead atoms. The number of nitrogens with one attached hydrogen (secondary N) is 1. The average Bonchev–Trinajstić information content (AvgIpc) is 2.84. The summed E-state index contributed by atoms with van der Waals surface area (Å²) in [4.78, 5) is 12.7. The molecule has 0 radical (unpaired) electrons. The van der Waals surface area contributed by atoms with E-state index in [0.717, 1.165) is 17.3 Å². The minimum atomic E-state index is -0.754. The molecule has 94 valence electrons. The molecule has 1 aromatic heterocycles. The third-order valence-corrected chi connectivity index (χ3v) is 4.39. The number of carboxylic acids is 1. The summed E-state index contributed by atoms with van der Waals surface area (Å²) < 4.78 is 0. The predicted octanol–water partition coefficient (Wildman–Crippen LogP) is 2.65. The van der Waals surface area contributed by atoms with Crippen molar-refractivity contribution in [3.8, 4) is 0 Å². The second kappa shape index (κ2) is 5.65. The molecule has 2 N–H and O–H groups in total. The Labute approximate surface area is 106 Å². The molecule has 1 heterocycles. The van der Waals surface area contributed by atoms with Crippen LogP contribution in [0.1, 0.15) is 35.9 Å². The lowest BCUT2D eigenvalue weighted by Crippen LogP contribution is -2.25. The van der Waals surface area contributed by atoms with Gasteiger partial charge in [0.1, 0.15) is 0 Å². The normalized spacial score (nSPS) is 24.1. The van der Waals surface area contributed by atoms with E-state index in [1.807, 2.05) is 12.1 Å². The van der Waals surface area contributed by atoms with E-state index in [1.54, 1.807) is 11.3 Å². The molecule has 4 heteroatoms. The first-order valence-electron chi connectivity index (χ1n) is 6.16. The summed E-state index contributed by atoms with van der Waals surface area (Å²) in [5, 5.41) is 12.3. The summed E-state index contributed by atoms with van der Waals surface area (Å²) in [7, 11) is 0. The molecule has 1 aliphatic rings. The summed E-state index contributed by atoms with van der Waals surface area (Å²) >= 11 is 1.60. The third kappa shape index (κ3) is 3.82. The molecule has 0 aliphatic heterocycles. The molecule has 2 unspecified atom stereocenters. The van der Waals surface area contributed by atoms with E-state index in [9.17, 15) is 4.79 Å². The van der Waals surface area contributed by atoms with E-state index >= 15 is 0 Å². The van der Waals surface area contributed by atoms with Gasteiger partial charge in [0.25, 0.3) is 0 Å². The Morgan fingerprint density at radius 1 is 1.47 bits per heavy atom. The maximum Gasteiger partial charge on any atom is 0.308 e. The summed E-state index contributed by atoms with van der Waals surface area (Å²) in [6.45, 7) is 3.18. The second-order valence-corrected chi connectivity index (χ2v) is 6.19. The summed E-state index contributed by atoms with van der Waals surface area (Å²) in [6, 6.07) is 4.61. The molecule has 1 aliphatic carbocycles. The van der Waals surface area contributed by atoms with E-state index < -0.39 is 5.97 Å². The first-order chi connectivity index (χ1) is 8.13. The van der Waals surface area contributed by atoms with Crippen molar-refractivity contribution in [1.29, 1.82) is 0 Å². The van der Waals surface area contributed by atoms with Crippen molar-refractivity contribution >= 4 is 17.3 Å². The van der Waals surface area contributed by atoms with Gasteiger partial charge in [-0.05, 0) is 37.3 Å². The smallest absolute Gasteiger partial charge is 0.308 e. The molecule has 1 aromatic rings. The topological polar surface area (TPSA) is 49.3 Å². The van der Waals surface area contributed by atoms with Crippen LogP contribution in [0.4, 0.5) is 0 Å². The zero-order valence-corrected chi connectivity index (χ0v) is 10.9. The van der Waals surface area contributed by atoms with Crippen LogP contribution in [-0.4, -0.2) is 17.1 Å². The molecule has 1 fully saturated rings. The average molecular weight is 253 g/mol. The fraction of sp³-hybridized carbons (Fsp3) is 0.615. The minimum Gasteiger partial charge on any atom is -0.481 e. The summed E-state index contributed by atoms with van der Waals surface area (Å²) in [5.41, 5.74) is 0. The fourth-order valence-corrected chi connectivity index (χ4v) is 3.36. The van der Waals surface area contributed by atoms with E-state index in [2.05, 4.69) is 12.2 Å². The molecule has 0 saturated heterocycles. The Balaban J connectivity index is 1.79. The lowest BCUT2D eigenvalue weighted by atomic mass is 10.1. The van der Waals surface area contributed by atoms with E-state index in [1.165, 1.54) is 24.1 Å². The van der Waals surface area contributed by atoms with E-state index in [-0.39, 0.29) is 6.42 Å². The second-order valence-electron chi connectivity index (χ2n) is 4.93. The molecule has 1 saturated carbocycles. The van der Waals surface area contributed by atoms with Gasteiger partial charge in [0, 0.05) is 22.3 Å². The molecule has 2 atom stereocenters. The van der Waals surface area contributed by atoms with Crippen LogP contribution >= 0.6 is 11.3 Å². The van der Waals surface area contributed by atoms with Gasteiger partial charge >= 0.3 is 5.97 Å². The lowest BCUT2D eigenvalue weighted by molar-refractivity contribution is -0.136. The third-order valence-electron chi connectivity index (χ3n) is 3.30. The fourth-order valence-electron chi connectivity index (χ4n) is 2.40. The van der Waals surface area contributed by atoms with Gasteiger partial charge in [-0.25, -0.2) is 0 Å². The Bertz CT molecular complexity index is 389. The van der Waals surface area contributed by atoms with Gasteiger partial charge in [-0.15, -0.1) is 11.3 Å². The molecular weight excluding hydrogens is 234 g/mol. The van der Waals surface area contributed by atoms with Crippen LogP contribution in [0.2, 0.25) is 0 Å². The van der Waals surface area contributed by atoms with Crippen molar-refractivity contribution in [1.82, 2.24) is 5.32 Å². The number of rotatable bonds is 5. The molecule has 3 nitrogen and oxygen atoms in total. The number of carboxylic acid groups (broad SMARTS) is 1. The van der Waals surface area contributed by atoms with E-state index in [0.29, 0.717) is 6.04 Å². The van der Waals surface area contributed by atoms with Crippen LogP contribution in [0.5, 0.6) is 0 Å². The van der Waals surface area contributed by atoms with Gasteiger partial charge in [-0.1, -0.05) is 6.92 Å². The maximum atomic E-state index is 10.6. The Morgan fingerprint density at radius 3 is 2.88 bits per heavy atom. The molecule has 0 amide bonds. The van der Waals surface area contributed by atoms with Gasteiger partial charge in [-0.2, -0.15) is 0 Å². The highest BCUT2D eigenvalue weighted by atomic mass is 32.1. The Morgan fingerprint density at radius 2 is 2.24 bits per heavy atom. The Hall–Kier alpha value is -0.870. The number of aliphatic carboxylic acids is 1. The van der Waals surface area contributed by atoms with Crippen molar-refractivity contribution in [2.24, 2.45) is 5.92 Å². The number of thiophene rings is 1. The highest BCUT2D eigenvalue weighted by Gasteiger charge is 2.20. The van der Waals surface area contributed by atoms with Crippen molar-refractivity contribution in [3.05, 3.63) is 21.9 Å². The quantitative estimate of drug-likeness (QED) is 0.848. The van der Waals surface area contributed by atoms with Gasteiger partial charge < -0.3 is 10.4 Å². The van der Waals surface area contributed by atoms with Crippen LogP contribution in [0, 0.1) is 5.92 Å².